The van der Waals surface area contributed by atoms with E-state index in [0.29, 0.717) is 29.9 Å². The van der Waals surface area contributed by atoms with Gasteiger partial charge in [0.15, 0.2) is 5.82 Å². The molecule has 0 spiro atoms. The zero-order valence-corrected chi connectivity index (χ0v) is 19.6. The van der Waals surface area contributed by atoms with Crippen molar-refractivity contribution in [2.24, 2.45) is 5.92 Å². The standard InChI is InChI=1S/C24H21ClN6O2S/c25-18-9-8-17(34-18)15-3-1-2-14-10-16(29-19(14)15)20-21-22(26)27-11-28-31(21)23(30-20)12-4-6-13(7-5-12)24(32)33/h1-3,8-13,29H,4-7H2,(H,32,33)(H2,26,27,28). The van der Waals surface area contributed by atoms with E-state index in [4.69, 9.17) is 22.3 Å². The van der Waals surface area contributed by atoms with E-state index in [-0.39, 0.29) is 11.8 Å². The lowest BCUT2D eigenvalue weighted by atomic mass is 9.82. The second kappa shape index (κ2) is 8.11. The van der Waals surface area contributed by atoms with Gasteiger partial charge in [0.25, 0.3) is 0 Å². The van der Waals surface area contributed by atoms with E-state index in [0.717, 1.165) is 50.0 Å². The summed E-state index contributed by atoms with van der Waals surface area (Å²) >= 11 is 7.72. The number of imidazole rings is 1. The fourth-order valence-corrected chi connectivity index (χ4v) is 6.05. The second-order valence-corrected chi connectivity index (χ2v) is 10.4. The van der Waals surface area contributed by atoms with Gasteiger partial charge < -0.3 is 15.8 Å². The molecule has 6 rings (SSSR count). The minimum Gasteiger partial charge on any atom is -0.481 e. The summed E-state index contributed by atoms with van der Waals surface area (Å²) in [4.78, 5) is 25.2. The maximum absolute atomic E-state index is 11.4. The summed E-state index contributed by atoms with van der Waals surface area (Å²) in [6.45, 7) is 0. The average molecular weight is 493 g/mol. The number of hydrogen-bond donors (Lipinski definition) is 3. The number of fused-ring (bicyclic) bond motifs is 2. The van der Waals surface area contributed by atoms with E-state index in [1.807, 2.05) is 18.2 Å². The molecule has 1 saturated carbocycles. The summed E-state index contributed by atoms with van der Waals surface area (Å²) in [5.74, 6) is 0.247. The van der Waals surface area contributed by atoms with Crippen LogP contribution in [0.2, 0.25) is 4.34 Å². The highest BCUT2D eigenvalue weighted by atomic mass is 35.5. The summed E-state index contributed by atoms with van der Waals surface area (Å²) in [5, 5.41) is 14.9. The molecule has 5 aromatic rings. The summed E-state index contributed by atoms with van der Waals surface area (Å²) in [5.41, 5.74) is 10.5. The molecule has 4 N–H and O–H groups in total. The molecule has 4 heterocycles. The van der Waals surface area contributed by atoms with Crippen LogP contribution in [0.15, 0.2) is 42.7 Å². The van der Waals surface area contributed by atoms with E-state index < -0.39 is 5.97 Å². The monoisotopic (exact) mass is 492 g/mol. The molecule has 34 heavy (non-hydrogen) atoms. The Bertz CT molecular complexity index is 1550. The Balaban J connectivity index is 1.47. The summed E-state index contributed by atoms with van der Waals surface area (Å²) < 4.78 is 2.51. The van der Waals surface area contributed by atoms with Gasteiger partial charge in [0.2, 0.25) is 0 Å². The Morgan fingerprint density at radius 3 is 2.76 bits per heavy atom. The molecule has 172 valence electrons. The quantitative estimate of drug-likeness (QED) is 0.300. The first-order chi connectivity index (χ1) is 16.5. The van der Waals surface area contributed by atoms with E-state index in [1.54, 1.807) is 4.52 Å². The minimum atomic E-state index is -0.723. The number of aromatic amines is 1. The number of aromatic nitrogens is 5. The van der Waals surface area contributed by atoms with Crippen LogP contribution in [0.3, 0.4) is 0 Å². The van der Waals surface area contributed by atoms with Crippen molar-refractivity contribution in [1.29, 1.82) is 0 Å². The van der Waals surface area contributed by atoms with Crippen LogP contribution in [0.5, 0.6) is 0 Å². The van der Waals surface area contributed by atoms with Crippen LogP contribution < -0.4 is 5.73 Å². The molecule has 0 atom stereocenters. The Hall–Kier alpha value is -3.43. The van der Waals surface area contributed by atoms with Crippen LogP contribution in [-0.2, 0) is 4.79 Å². The van der Waals surface area contributed by atoms with Gasteiger partial charge in [-0.25, -0.2) is 14.5 Å². The molecule has 8 nitrogen and oxygen atoms in total. The predicted octanol–water partition coefficient (Wildman–Crippen LogP) is 5.60. The maximum atomic E-state index is 11.4. The van der Waals surface area contributed by atoms with Crippen molar-refractivity contribution in [3.8, 4) is 21.8 Å². The first-order valence-corrected chi connectivity index (χ1v) is 12.3. The van der Waals surface area contributed by atoms with Crippen molar-refractivity contribution in [2.45, 2.75) is 31.6 Å². The zero-order chi connectivity index (χ0) is 23.4. The molecule has 1 aliphatic rings. The van der Waals surface area contributed by atoms with Crippen molar-refractivity contribution in [2.75, 3.05) is 5.73 Å². The number of nitrogens with zero attached hydrogens (tertiary/aromatic N) is 4. The Kier molecular flexibility index (Phi) is 5.04. The van der Waals surface area contributed by atoms with E-state index in [1.165, 1.54) is 17.7 Å². The molecule has 0 bridgehead atoms. The van der Waals surface area contributed by atoms with Gasteiger partial charge in [-0.1, -0.05) is 29.8 Å². The predicted molar refractivity (Wildman–Crippen MR) is 133 cm³/mol. The third kappa shape index (κ3) is 3.43. The van der Waals surface area contributed by atoms with Gasteiger partial charge in [0, 0.05) is 21.7 Å². The third-order valence-electron chi connectivity index (χ3n) is 6.68. The normalized spacial score (nSPS) is 18.6. The number of carboxylic acid groups (broad SMARTS) is 1. The lowest BCUT2D eigenvalue weighted by molar-refractivity contribution is -0.142. The van der Waals surface area contributed by atoms with Crippen molar-refractivity contribution in [1.82, 2.24) is 24.6 Å². The number of rotatable bonds is 4. The van der Waals surface area contributed by atoms with Crippen LogP contribution in [0, 0.1) is 5.92 Å². The molecular formula is C24H21ClN6O2S. The lowest BCUT2D eigenvalue weighted by Gasteiger charge is -2.24. The molecule has 0 radical (unpaired) electrons. The highest BCUT2D eigenvalue weighted by molar-refractivity contribution is 7.19. The summed E-state index contributed by atoms with van der Waals surface area (Å²) in [6.07, 6.45) is 4.18. The van der Waals surface area contributed by atoms with E-state index >= 15 is 0 Å². The van der Waals surface area contributed by atoms with E-state index in [9.17, 15) is 9.90 Å². The van der Waals surface area contributed by atoms with Crippen LogP contribution in [0.25, 0.3) is 38.2 Å². The molecule has 0 unspecified atom stereocenters. The van der Waals surface area contributed by atoms with Gasteiger partial charge in [0.1, 0.15) is 23.4 Å². The van der Waals surface area contributed by atoms with Crippen LogP contribution in [0.4, 0.5) is 5.82 Å². The van der Waals surface area contributed by atoms with Crippen molar-refractivity contribution < 1.29 is 9.90 Å². The SMILES string of the molecule is Nc1ncnn2c(C3CCC(C(=O)O)CC3)nc(-c3cc4cccc(-c5ccc(Cl)s5)c4[nH]3)c12. The van der Waals surface area contributed by atoms with Crippen LogP contribution in [-0.4, -0.2) is 35.6 Å². The summed E-state index contributed by atoms with van der Waals surface area (Å²) in [6, 6.07) is 12.1. The van der Waals surface area contributed by atoms with Gasteiger partial charge in [-0.3, -0.25) is 4.79 Å². The molecule has 0 aliphatic heterocycles. The highest BCUT2D eigenvalue weighted by Crippen LogP contribution is 2.40. The number of thiophene rings is 1. The van der Waals surface area contributed by atoms with Crippen LogP contribution in [0.1, 0.15) is 37.4 Å². The molecule has 4 aromatic heterocycles. The van der Waals surface area contributed by atoms with Gasteiger partial charge >= 0.3 is 5.97 Å². The molecule has 0 amide bonds. The van der Waals surface area contributed by atoms with Crippen molar-refractivity contribution in [3.05, 3.63) is 52.9 Å². The fraction of sp³-hybridized carbons (Fsp3) is 0.250. The number of nitrogens with two attached hydrogens (primary N) is 1. The minimum absolute atomic E-state index is 0.111. The van der Waals surface area contributed by atoms with Gasteiger partial charge in [-0.2, -0.15) is 5.10 Å². The number of carboxylic acids is 1. The number of carbonyl (C=O) groups is 1. The number of para-hydroxylation sites is 1. The highest BCUT2D eigenvalue weighted by Gasteiger charge is 2.31. The zero-order valence-electron chi connectivity index (χ0n) is 18.0. The number of halogens is 1. The van der Waals surface area contributed by atoms with Gasteiger partial charge in [-0.05, 0) is 43.9 Å². The number of aliphatic carboxylic acids is 1. The first-order valence-electron chi connectivity index (χ1n) is 11.1. The largest absolute Gasteiger partial charge is 0.481 e. The number of anilines is 1. The molecule has 1 fully saturated rings. The smallest absolute Gasteiger partial charge is 0.306 e. The molecular weight excluding hydrogens is 472 g/mol. The van der Waals surface area contributed by atoms with Gasteiger partial charge in [-0.15, -0.1) is 11.3 Å². The molecule has 1 aromatic carbocycles. The topological polar surface area (TPSA) is 122 Å². The number of hydrogen-bond acceptors (Lipinski definition) is 6. The fourth-order valence-electron chi connectivity index (χ4n) is 4.98. The Labute approximate surface area is 203 Å². The van der Waals surface area contributed by atoms with Crippen molar-refractivity contribution in [3.63, 3.8) is 0 Å². The van der Waals surface area contributed by atoms with Crippen molar-refractivity contribution >= 4 is 51.1 Å². The first kappa shape index (κ1) is 21.1. The Morgan fingerprint density at radius 1 is 1.21 bits per heavy atom. The molecule has 1 aliphatic carbocycles. The third-order valence-corrected chi connectivity index (χ3v) is 7.94. The van der Waals surface area contributed by atoms with E-state index in [2.05, 4.69) is 33.3 Å². The second-order valence-electron chi connectivity index (χ2n) is 8.67. The maximum Gasteiger partial charge on any atom is 0.306 e. The number of nitrogen functional groups attached to an aromatic ring is 1. The lowest BCUT2D eigenvalue weighted by Crippen LogP contribution is -2.21. The van der Waals surface area contributed by atoms with Crippen LogP contribution >= 0.6 is 22.9 Å². The number of H-pyrrole nitrogens is 1. The molecule has 10 heteroatoms. The van der Waals surface area contributed by atoms with Gasteiger partial charge in [0.05, 0.1) is 21.5 Å². The Morgan fingerprint density at radius 2 is 2.03 bits per heavy atom. The average Bonchev–Trinajstić information content (AvgIpc) is 3.55. The summed E-state index contributed by atoms with van der Waals surface area (Å²) in [7, 11) is 0. The molecule has 0 saturated heterocycles. The number of benzene rings is 1. The number of nitrogens with one attached hydrogen (secondary N) is 1.